The second-order valence-electron chi connectivity index (χ2n) is 6.32. The van der Waals surface area contributed by atoms with Crippen molar-refractivity contribution in [1.82, 2.24) is 5.32 Å². The Balaban J connectivity index is 2.46. The molecule has 0 saturated carbocycles. The number of anilines is 1. The van der Waals surface area contributed by atoms with Gasteiger partial charge in [-0.3, -0.25) is 4.55 Å². The zero-order valence-corrected chi connectivity index (χ0v) is 14.2. The summed E-state index contributed by atoms with van der Waals surface area (Å²) in [4.78, 5) is 11.7. The van der Waals surface area contributed by atoms with Crippen LogP contribution in [0.15, 0.2) is 24.3 Å². The molecule has 0 fully saturated rings. The number of carbonyl (C=O) groups is 1. The molecule has 0 aliphatic carbocycles. The van der Waals surface area contributed by atoms with E-state index in [1.165, 1.54) is 12.5 Å². The van der Waals surface area contributed by atoms with Crippen LogP contribution in [0.2, 0.25) is 0 Å². The minimum Gasteiger partial charge on any atom is -0.338 e. The Kier molecular flexibility index (Phi) is 5.96. The highest BCUT2D eigenvalue weighted by Gasteiger charge is 2.17. The van der Waals surface area contributed by atoms with E-state index in [1.54, 1.807) is 0 Å². The van der Waals surface area contributed by atoms with Gasteiger partial charge >= 0.3 is 6.03 Å². The van der Waals surface area contributed by atoms with Crippen LogP contribution in [0.3, 0.4) is 0 Å². The van der Waals surface area contributed by atoms with Crippen LogP contribution in [-0.2, 0) is 15.5 Å². The third-order valence-electron chi connectivity index (χ3n) is 3.35. The third kappa shape index (κ3) is 6.03. The van der Waals surface area contributed by atoms with Crippen LogP contribution in [-0.4, -0.2) is 30.8 Å². The van der Waals surface area contributed by atoms with Gasteiger partial charge in [-0.25, -0.2) is 4.79 Å². The molecular formula is C15H24N2O4S. The van der Waals surface area contributed by atoms with Crippen molar-refractivity contribution in [3.05, 3.63) is 29.8 Å². The first-order chi connectivity index (χ1) is 10.00. The fourth-order valence-electron chi connectivity index (χ4n) is 1.77. The maximum absolute atomic E-state index is 11.7. The van der Waals surface area contributed by atoms with Crippen molar-refractivity contribution in [2.45, 2.75) is 44.8 Å². The summed E-state index contributed by atoms with van der Waals surface area (Å²) in [5.41, 5.74) is 1.88. The highest BCUT2D eigenvalue weighted by atomic mass is 32.2. The van der Waals surface area contributed by atoms with Crippen LogP contribution < -0.4 is 10.6 Å². The van der Waals surface area contributed by atoms with Crippen molar-refractivity contribution in [3.63, 3.8) is 0 Å². The first-order valence-corrected chi connectivity index (χ1v) is 8.62. The topological polar surface area (TPSA) is 95.5 Å². The standard InChI is InChI=1S/C15H24N2O4S/c1-11(22(19,20)21)9-10-16-14(18)17-13-7-5-12(6-8-13)15(2,3)4/h5-8,11H,9-10H2,1-4H3,(H2,16,17,18)(H,19,20,21). The molecule has 0 aromatic heterocycles. The van der Waals surface area contributed by atoms with E-state index >= 15 is 0 Å². The molecule has 0 aliphatic heterocycles. The molecule has 0 radical (unpaired) electrons. The van der Waals surface area contributed by atoms with E-state index in [9.17, 15) is 13.2 Å². The van der Waals surface area contributed by atoms with Gasteiger partial charge in [-0.05, 0) is 36.5 Å². The highest BCUT2D eigenvalue weighted by molar-refractivity contribution is 7.86. The van der Waals surface area contributed by atoms with Crippen molar-refractivity contribution in [2.24, 2.45) is 0 Å². The number of hydrogen-bond donors (Lipinski definition) is 3. The van der Waals surface area contributed by atoms with Gasteiger partial charge in [-0.15, -0.1) is 0 Å². The van der Waals surface area contributed by atoms with Gasteiger partial charge < -0.3 is 10.6 Å². The molecule has 0 spiro atoms. The smallest absolute Gasteiger partial charge is 0.319 e. The molecule has 1 aromatic rings. The van der Waals surface area contributed by atoms with Gasteiger partial charge in [0.2, 0.25) is 0 Å². The minimum absolute atomic E-state index is 0.0483. The second kappa shape index (κ2) is 7.11. The summed E-state index contributed by atoms with van der Waals surface area (Å²) in [5, 5.41) is 4.32. The summed E-state index contributed by atoms with van der Waals surface area (Å²) in [5.74, 6) is 0. The zero-order chi connectivity index (χ0) is 17.0. The zero-order valence-electron chi connectivity index (χ0n) is 13.4. The Labute approximate surface area is 132 Å². The largest absolute Gasteiger partial charge is 0.338 e. The summed E-state index contributed by atoms with van der Waals surface area (Å²) >= 11 is 0. The second-order valence-corrected chi connectivity index (χ2v) is 8.16. The SMILES string of the molecule is CC(CCNC(=O)Nc1ccc(C(C)(C)C)cc1)S(=O)(=O)O. The minimum atomic E-state index is -4.05. The molecule has 2 amide bonds. The van der Waals surface area contributed by atoms with Gasteiger partial charge in [0.05, 0.1) is 5.25 Å². The molecule has 6 nitrogen and oxygen atoms in total. The van der Waals surface area contributed by atoms with Crippen LogP contribution in [0.5, 0.6) is 0 Å². The fraction of sp³-hybridized carbons (Fsp3) is 0.533. The summed E-state index contributed by atoms with van der Waals surface area (Å²) in [7, 11) is -4.05. The summed E-state index contributed by atoms with van der Waals surface area (Å²) in [6.07, 6.45) is 0.148. The molecule has 1 atom stereocenters. The molecule has 0 heterocycles. The van der Waals surface area contributed by atoms with Gasteiger partial charge in [0, 0.05) is 12.2 Å². The molecule has 22 heavy (non-hydrogen) atoms. The van der Waals surface area contributed by atoms with Crippen molar-refractivity contribution < 1.29 is 17.8 Å². The van der Waals surface area contributed by atoms with Crippen molar-refractivity contribution in [1.29, 1.82) is 0 Å². The molecular weight excluding hydrogens is 304 g/mol. The third-order valence-corrected chi connectivity index (χ3v) is 4.61. The van der Waals surface area contributed by atoms with Crippen LogP contribution in [0.4, 0.5) is 10.5 Å². The Morgan fingerprint density at radius 3 is 2.23 bits per heavy atom. The molecule has 7 heteroatoms. The van der Waals surface area contributed by atoms with Crippen molar-refractivity contribution in [2.75, 3.05) is 11.9 Å². The van der Waals surface area contributed by atoms with Gasteiger partial charge in [-0.2, -0.15) is 8.42 Å². The van der Waals surface area contributed by atoms with E-state index in [0.29, 0.717) is 5.69 Å². The van der Waals surface area contributed by atoms with Crippen LogP contribution in [0.1, 0.15) is 39.7 Å². The molecule has 1 aromatic carbocycles. The molecule has 0 bridgehead atoms. The van der Waals surface area contributed by atoms with Crippen LogP contribution >= 0.6 is 0 Å². The van der Waals surface area contributed by atoms with Crippen LogP contribution in [0.25, 0.3) is 0 Å². The lowest BCUT2D eigenvalue weighted by Gasteiger charge is -2.19. The average Bonchev–Trinajstić information content (AvgIpc) is 2.37. The van der Waals surface area contributed by atoms with Crippen molar-refractivity contribution in [3.8, 4) is 0 Å². The van der Waals surface area contributed by atoms with E-state index < -0.39 is 21.4 Å². The number of benzene rings is 1. The lowest BCUT2D eigenvalue weighted by Crippen LogP contribution is -2.32. The normalized spacial score (nSPS) is 13.5. The molecule has 124 valence electrons. The monoisotopic (exact) mass is 328 g/mol. The molecule has 3 N–H and O–H groups in total. The van der Waals surface area contributed by atoms with E-state index in [0.717, 1.165) is 0 Å². The summed E-state index contributed by atoms with van der Waals surface area (Å²) in [6.45, 7) is 7.88. The lowest BCUT2D eigenvalue weighted by atomic mass is 9.87. The number of urea groups is 1. The maximum Gasteiger partial charge on any atom is 0.319 e. The fourth-order valence-corrected chi connectivity index (χ4v) is 2.18. The highest BCUT2D eigenvalue weighted by Crippen LogP contribution is 2.23. The predicted molar refractivity (Wildman–Crippen MR) is 87.8 cm³/mol. The summed E-state index contributed by atoms with van der Waals surface area (Å²) < 4.78 is 30.5. The van der Waals surface area contributed by atoms with Crippen molar-refractivity contribution >= 4 is 21.8 Å². The lowest BCUT2D eigenvalue weighted by molar-refractivity contribution is 0.252. The molecule has 0 aliphatic rings. The molecule has 1 rings (SSSR count). The van der Waals surface area contributed by atoms with E-state index in [-0.39, 0.29) is 18.4 Å². The van der Waals surface area contributed by atoms with Gasteiger partial charge in [0.25, 0.3) is 10.1 Å². The van der Waals surface area contributed by atoms with Gasteiger partial charge in [-0.1, -0.05) is 32.9 Å². The van der Waals surface area contributed by atoms with E-state index in [2.05, 4.69) is 31.4 Å². The quantitative estimate of drug-likeness (QED) is 0.724. The number of carbonyl (C=O) groups excluding carboxylic acids is 1. The average molecular weight is 328 g/mol. The van der Waals surface area contributed by atoms with Gasteiger partial charge in [0.15, 0.2) is 0 Å². The Morgan fingerprint density at radius 1 is 1.23 bits per heavy atom. The molecule has 1 unspecified atom stereocenters. The number of hydrogen-bond acceptors (Lipinski definition) is 3. The van der Waals surface area contributed by atoms with Crippen LogP contribution in [0, 0.1) is 0 Å². The first kappa shape index (κ1) is 18.4. The van der Waals surface area contributed by atoms with Gasteiger partial charge in [0.1, 0.15) is 0 Å². The maximum atomic E-state index is 11.7. The van der Waals surface area contributed by atoms with E-state index in [4.69, 9.17) is 4.55 Å². The number of amides is 2. The Hall–Kier alpha value is -1.60. The van der Waals surface area contributed by atoms with E-state index in [1.807, 2.05) is 24.3 Å². The molecule has 0 saturated heterocycles. The predicted octanol–water partition coefficient (Wildman–Crippen LogP) is 2.77. The summed E-state index contributed by atoms with van der Waals surface area (Å²) in [6, 6.07) is 7.14. The number of rotatable bonds is 5. The first-order valence-electron chi connectivity index (χ1n) is 7.12. The Bertz CT molecular complexity index is 603. The number of nitrogens with one attached hydrogen (secondary N) is 2. The Morgan fingerprint density at radius 2 is 1.77 bits per heavy atom.